The molecule has 2 N–H and O–H groups in total. The van der Waals surface area contributed by atoms with Crippen LogP contribution in [0.5, 0.6) is 0 Å². The number of hydrogen-bond donors (Lipinski definition) is 2. The van der Waals surface area contributed by atoms with Crippen molar-refractivity contribution in [1.29, 1.82) is 0 Å². The summed E-state index contributed by atoms with van der Waals surface area (Å²) in [6.45, 7) is 4.93. The molecule has 0 amide bonds. The fourth-order valence-corrected chi connectivity index (χ4v) is 19.8. The van der Waals surface area contributed by atoms with E-state index in [9.17, 15) is 9.59 Å². The van der Waals surface area contributed by atoms with Gasteiger partial charge >= 0.3 is 8.08 Å². The third-order valence-corrected chi connectivity index (χ3v) is 26.5. The predicted octanol–water partition coefficient (Wildman–Crippen LogP) is 0.985. The zero-order valence-electron chi connectivity index (χ0n) is 11.1. The Kier molecular flexibility index (Phi) is 4.25. The molecule has 2 rings (SSSR count). The summed E-state index contributed by atoms with van der Waals surface area (Å²) in [4.78, 5) is 20.8. The fraction of sp³-hybridized carbons (Fsp3) is 0.500. The molecule has 0 radical (unpaired) electrons. The minimum Gasteiger partial charge on any atom is -0.427 e. The Morgan fingerprint density at radius 1 is 1.33 bits per heavy atom. The zero-order chi connectivity index (χ0) is 13.2. The first kappa shape index (κ1) is 14.2. The molecule has 100 valence electrons. The number of rotatable bonds is 3. The molecule has 1 heterocycles. The molecule has 3 nitrogen and oxygen atoms in total. The van der Waals surface area contributed by atoms with Gasteiger partial charge in [0.05, 0.1) is 0 Å². The van der Waals surface area contributed by atoms with Gasteiger partial charge < -0.3 is 14.0 Å². The van der Waals surface area contributed by atoms with Gasteiger partial charge in [0.1, 0.15) is 7.11 Å². The fourth-order valence-electron chi connectivity index (χ4n) is 2.73. The van der Waals surface area contributed by atoms with E-state index >= 15 is 0 Å². The minimum absolute atomic E-state index is 0.406. The molecular formula is C12H22O3Si3. The van der Waals surface area contributed by atoms with E-state index in [4.69, 9.17) is 4.43 Å². The van der Waals surface area contributed by atoms with Crippen LogP contribution in [0.1, 0.15) is 18.4 Å². The Morgan fingerprint density at radius 2 is 2.00 bits per heavy atom. The third-order valence-electron chi connectivity index (χ3n) is 4.11. The smallest absolute Gasteiger partial charge is 0.312 e. The lowest BCUT2D eigenvalue weighted by atomic mass is 10.0. The molecule has 1 aromatic carbocycles. The molecule has 0 saturated carbocycles. The first-order valence-corrected chi connectivity index (χ1v) is 15.2. The van der Waals surface area contributed by atoms with Gasteiger partial charge in [-0.1, -0.05) is 43.8 Å². The molecule has 0 aliphatic carbocycles. The molecule has 18 heavy (non-hydrogen) atoms. The Hall–Kier alpha value is -0.249. The van der Waals surface area contributed by atoms with E-state index in [-0.39, 0.29) is 0 Å². The molecule has 1 fully saturated rings. The minimum atomic E-state index is -2.96. The average Bonchev–Trinajstić information content (AvgIpc) is 2.34. The summed E-state index contributed by atoms with van der Waals surface area (Å²) < 4.78 is 5.67. The highest BCUT2D eigenvalue weighted by atomic mass is 29.6. The first-order valence-electron chi connectivity index (χ1n) is 6.52. The molecule has 0 aromatic heterocycles. The molecule has 0 bridgehead atoms. The SMILES string of the molecule is CC(C[Si]1(C)[SiH2]OCC[Si]1(O)O)c1ccccc1. The highest BCUT2D eigenvalue weighted by Crippen LogP contribution is 2.32. The topological polar surface area (TPSA) is 49.7 Å². The second-order valence-electron chi connectivity index (χ2n) is 5.70. The lowest BCUT2D eigenvalue weighted by Gasteiger charge is -2.41. The van der Waals surface area contributed by atoms with Crippen LogP contribution in [0.2, 0.25) is 18.6 Å². The van der Waals surface area contributed by atoms with Gasteiger partial charge in [0, 0.05) is 12.7 Å². The maximum Gasteiger partial charge on any atom is 0.312 e. The van der Waals surface area contributed by atoms with E-state index in [1.165, 1.54) is 5.56 Å². The summed E-state index contributed by atoms with van der Waals surface area (Å²) in [5.41, 5.74) is 1.30. The Morgan fingerprint density at radius 3 is 2.61 bits per heavy atom. The van der Waals surface area contributed by atoms with Crippen LogP contribution in [0.25, 0.3) is 0 Å². The summed E-state index contributed by atoms with van der Waals surface area (Å²) >= 11 is 0. The highest BCUT2D eigenvalue weighted by molar-refractivity contribution is 7.56. The lowest BCUT2D eigenvalue weighted by molar-refractivity contribution is 0.316. The van der Waals surface area contributed by atoms with E-state index in [1.807, 2.05) is 18.2 Å². The van der Waals surface area contributed by atoms with Crippen LogP contribution < -0.4 is 0 Å². The van der Waals surface area contributed by atoms with Gasteiger partial charge in [-0.25, -0.2) is 0 Å². The molecule has 1 aliphatic heterocycles. The van der Waals surface area contributed by atoms with Crippen molar-refractivity contribution >= 4 is 24.5 Å². The second-order valence-corrected chi connectivity index (χ2v) is 25.7. The summed E-state index contributed by atoms with van der Waals surface area (Å²) in [6, 6.07) is 11.9. The molecule has 6 heteroatoms. The molecular weight excluding hydrogens is 276 g/mol. The summed E-state index contributed by atoms with van der Waals surface area (Å²) in [5, 5.41) is 0. The van der Waals surface area contributed by atoms with Crippen LogP contribution in [0, 0.1) is 0 Å². The molecule has 1 aliphatic rings. The maximum absolute atomic E-state index is 10.4. The normalized spacial score (nSPS) is 30.2. The first-order chi connectivity index (χ1) is 8.45. The van der Waals surface area contributed by atoms with Gasteiger partial charge in [0.25, 0.3) is 0 Å². The van der Waals surface area contributed by atoms with Gasteiger partial charge in [-0.05, 0) is 17.5 Å². The van der Waals surface area contributed by atoms with E-state index in [1.54, 1.807) is 0 Å². The Labute approximate surface area is 113 Å². The molecule has 0 spiro atoms. The standard InChI is InChI=1S/C12H22O3Si3/c1-11(12-6-4-3-5-7-12)10-17(2)16-15-8-9-18(17,13)14/h3-7,11,13-14H,8-10,16H2,1-2H3. The maximum atomic E-state index is 10.4. The van der Waals surface area contributed by atoms with Crippen LogP contribution in [0.4, 0.5) is 0 Å². The van der Waals surface area contributed by atoms with Crippen LogP contribution in [-0.2, 0) is 4.43 Å². The van der Waals surface area contributed by atoms with Crippen molar-refractivity contribution in [2.24, 2.45) is 0 Å². The van der Waals surface area contributed by atoms with Crippen molar-refractivity contribution in [1.82, 2.24) is 0 Å². The van der Waals surface area contributed by atoms with Crippen molar-refractivity contribution in [3.8, 4) is 0 Å². The van der Waals surface area contributed by atoms with Crippen LogP contribution in [0.3, 0.4) is 0 Å². The number of hydrogen-bond acceptors (Lipinski definition) is 3. The average molecular weight is 299 g/mol. The largest absolute Gasteiger partial charge is 0.427 e. The molecule has 1 aromatic rings. The van der Waals surface area contributed by atoms with Crippen LogP contribution in [0.15, 0.2) is 30.3 Å². The quantitative estimate of drug-likeness (QED) is 0.818. The van der Waals surface area contributed by atoms with Gasteiger partial charge in [-0.2, -0.15) is 0 Å². The lowest BCUT2D eigenvalue weighted by Crippen LogP contribution is -2.69. The highest BCUT2D eigenvalue weighted by Gasteiger charge is 2.54. The van der Waals surface area contributed by atoms with E-state index in [0.29, 0.717) is 18.6 Å². The van der Waals surface area contributed by atoms with Crippen LogP contribution in [-0.4, -0.2) is 40.7 Å². The zero-order valence-corrected chi connectivity index (χ0v) is 14.5. The molecule has 2 atom stereocenters. The Bertz CT molecular complexity index is 399. The van der Waals surface area contributed by atoms with E-state index in [0.717, 1.165) is 6.04 Å². The summed E-state index contributed by atoms with van der Waals surface area (Å²) in [7, 11) is -5.63. The van der Waals surface area contributed by atoms with Crippen molar-refractivity contribution in [3.05, 3.63) is 35.9 Å². The van der Waals surface area contributed by atoms with Gasteiger partial charge in [-0.3, -0.25) is 0 Å². The monoisotopic (exact) mass is 298 g/mol. The van der Waals surface area contributed by atoms with Gasteiger partial charge in [0.2, 0.25) is 0 Å². The van der Waals surface area contributed by atoms with Crippen molar-refractivity contribution in [2.45, 2.75) is 31.5 Å². The van der Waals surface area contributed by atoms with Crippen molar-refractivity contribution in [3.63, 3.8) is 0 Å². The summed E-state index contributed by atoms with van der Waals surface area (Å²) in [6.07, 6.45) is 0. The van der Waals surface area contributed by atoms with Crippen LogP contribution >= 0.6 is 0 Å². The van der Waals surface area contributed by atoms with E-state index in [2.05, 4.69) is 25.6 Å². The molecule has 2 unspecified atom stereocenters. The van der Waals surface area contributed by atoms with Crippen molar-refractivity contribution in [2.75, 3.05) is 6.61 Å². The van der Waals surface area contributed by atoms with E-state index < -0.39 is 24.5 Å². The third kappa shape index (κ3) is 2.84. The predicted molar refractivity (Wildman–Crippen MR) is 80.8 cm³/mol. The summed E-state index contributed by atoms with van der Waals surface area (Å²) in [5.74, 6) is 0.406. The number of benzene rings is 1. The Balaban J connectivity index is 2.12. The molecule has 1 saturated heterocycles. The van der Waals surface area contributed by atoms with Crippen molar-refractivity contribution < 1.29 is 14.0 Å². The second kappa shape index (κ2) is 5.40. The van der Waals surface area contributed by atoms with Gasteiger partial charge in [0.15, 0.2) is 9.28 Å². The van der Waals surface area contributed by atoms with Gasteiger partial charge in [-0.15, -0.1) is 0 Å².